The van der Waals surface area contributed by atoms with E-state index in [0.717, 1.165) is 10.6 Å². The van der Waals surface area contributed by atoms with Crippen molar-refractivity contribution in [3.05, 3.63) is 65.7 Å². The zero-order chi connectivity index (χ0) is 19.6. The number of para-hydroxylation sites is 1. The summed E-state index contributed by atoms with van der Waals surface area (Å²) in [5, 5.41) is 5.21. The fourth-order valence-electron chi connectivity index (χ4n) is 2.28. The highest BCUT2D eigenvalue weighted by Crippen LogP contribution is 2.23. The van der Waals surface area contributed by atoms with E-state index in [0.29, 0.717) is 0 Å². The molecule has 0 bridgehead atoms. The summed E-state index contributed by atoms with van der Waals surface area (Å²) in [6, 6.07) is 15.5. The molecule has 0 aliphatic heterocycles. The molecular formula is C20H20N2O5. The van der Waals surface area contributed by atoms with Crippen molar-refractivity contribution in [2.75, 3.05) is 18.7 Å². The lowest BCUT2D eigenvalue weighted by Crippen LogP contribution is -2.30. The minimum Gasteiger partial charge on any atom is -0.466 e. The molecule has 0 aromatic heterocycles. The summed E-state index contributed by atoms with van der Waals surface area (Å²) in [7, 11) is 1.25. The minimum absolute atomic E-state index is 0.155. The molecule has 0 radical (unpaired) electrons. The average Bonchev–Trinajstić information content (AvgIpc) is 2.69. The lowest BCUT2D eigenvalue weighted by Gasteiger charge is -2.19. The molecule has 0 aliphatic rings. The number of nitrogens with zero attached hydrogens (tertiary/aromatic N) is 2. The second-order valence-corrected chi connectivity index (χ2v) is 5.35. The van der Waals surface area contributed by atoms with Crippen LogP contribution in [0.1, 0.15) is 29.3 Å². The van der Waals surface area contributed by atoms with Gasteiger partial charge in [0, 0.05) is 0 Å². The van der Waals surface area contributed by atoms with Gasteiger partial charge in [0.15, 0.2) is 0 Å². The van der Waals surface area contributed by atoms with E-state index in [1.54, 1.807) is 25.1 Å². The maximum Gasteiger partial charge on any atom is 0.340 e. The van der Waals surface area contributed by atoms with Gasteiger partial charge in [-0.05, 0) is 24.6 Å². The minimum atomic E-state index is -0.669. The third-order valence-electron chi connectivity index (χ3n) is 3.50. The molecule has 7 nitrogen and oxygen atoms in total. The number of esters is 2. The first kappa shape index (κ1) is 19.8. The Kier molecular flexibility index (Phi) is 7.25. The Labute approximate surface area is 157 Å². The van der Waals surface area contributed by atoms with Crippen LogP contribution in [0.15, 0.2) is 59.7 Å². The molecule has 2 aromatic carbocycles. The first-order valence-corrected chi connectivity index (χ1v) is 8.31. The summed E-state index contributed by atoms with van der Waals surface area (Å²) < 4.78 is 9.60. The molecule has 0 atom stereocenters. The van der Waals surface area contributed by atoms with Gasteiger partial charge in [-0.15, -0.1) is 0 Å². The fourth-order valence-corrected chi connectivity index (χ4v) is 2.28. The van der Waals surface area contributed by atoms with Gasteiger partial charge in [-0.2, -0.15) is 10.1 Å². The SMILES string of the molecule is CCOC(=O)CC(=O)N(N=Cc1ccccc1)c1ccccc1C(=O)OC. The van der Waals surface area contributed by atoms with Gasteiger partial charge < -0.3 is 9.47 Å². The van der Waals surface area contributed by atoms with E-state index in [4.69, 9.17) is 9.47 Å². The van der Waals surface area contributed by atoms with Crippen LogP contribution in [-0.4, -0.2) is 37.8 Å². The van der Waals surface area contributed by atoms with Gasteiger partial charge in [0.25, 0.3) is 5.91 Å². The summed E-state index contributed by atoms with van der Waals surface area (Å²) in [6.07, 6.45) is 0.965. The normalized spacial score (nSPS) is 10.4. The first-order valence-electron chi connectivity index (χ1n) is 8.31. The lowest BCUT2D eigenvalue weighted by molar-refractivity contribution is -0.145. The Bertz CT molecular complexity index is 833. The van der Waals surface area contributed by atoms with Crippen LogP contribution in [0.2, 0.25) is 0 Å². The van der Waals surface area contributed by atoms with Gasteiger partial charge in [0.1, 0.15) is 6.42 Å². The monoisotopic (exact) mass is 368 g/mol. The predicted octanol–water partition coefficient (Wildman–Crippen LogP) is 2.79. The molecule has 0 heterocycles. The van der Waals surface area contributed by atoms with Crippen molar-refractivity contribution in [1.82, 2.24) is 0 Å². The zero-order valence-corrected chi connectivity index (χ0v) is 15.1. The van der Waals surface area contributed by atoms with E-state index < -0.39 is 24.3 Å². The van der Waals surface area contributed by atoms with Gasteiger partial charge >= 0.3 is 11.9 Å². The molecule has 0 fully saturated rings. The molecule has 2 rings (SSSR count). The molecule has 0 unspecified atom stereocenters. The van der Waals surface area contributed by atoms with Gasteiger partial charge in [0.05, 0.1) is 31.2 Å². The van der Waals surface area contributed by atoms with Crippen molar-refractivity contribution in [3.63, 3.8) is 0 Å². The molecule has 0 saturated carbocycles. The Morgan fingerprint density at radius 1 is 1.04 bits per heavy atom. The second-order valence-electron chi connectivity index (χ2n) is 5.35. The zero-order valence-electron chi connectivity index (χ0n) is 15.1. The Balaban J connectivity index is 2.41. The van der Waals surface area contributed by atoms with Crippen molar-refractivity contribution in [3.8, 4) is 0 Å². The number of rotatable bonds is 7. The van der Waals surface area contributed by atoms with E-state index in [2.05, 4.69) is 5.10 Å². The number of ether oxygens (including phenoxy) is 2. The standard InChI is InChI=1S/C20H20N2O5/c1-3-27-19(24)13-18(23)22(21-14-15-9-5-4-6-10-15)17-12-8-7-11-16(17)20(25)26-2/h4-12,14H,3,13H2,1-2H3. The smallest absolute Gasteiger partial charge is 0.340 e. The number of carbonyl (C=O) groups excluding carboxylic acids is 3. The van der Waals surface area contributed by atoms with E-state index in [1.165, 1.54) is 19.4 Å². The average molecular weight is 368 g/mol. The Morgan fingerprint density at radius 3 is 2.37 bits per heavy atom. The van der Waals surface area contributed by atoms with Crippen LogP contribution in [0.25, 0.3) is 0 Å². The highest BCUT2D eigenvalue weighted by atomic mass is 16.5. The molecule has 2 aromatic rings. The van der Waals surface area contributed by atoms with Crippen molar-refractivity contribution in [2.45, 2.75) is 13.3 Å². The topological polar surface area (TPSA) is 85.3 Å². The van der Waals surface area contributed by atoms with Crippen LogP contribution in [0.3, 0.4) is 0 Å². The lowest BCUT2D eigenvalue weighted by atomic mass is 10.1. The number of anilines is 1. The predicted molar refractivity (Wildman–Crippen MR) is 101 cm³/mol. The van der Waals surface area contributed by atoms with Crippen LogP contribution in [0, 0.1) is 0 Å². The van der Waals surface area contributed by atoms with E-state index >= 15 is 0 Å². The largest absolute Gasteiger partial charge is 0.466 e. The van der Waals surface area contributed by atoms with Gasteiger partial charge in [-0.3, -0.25) is 9.59 Å². The maximum absolute atomic E-state index is 12.7. The number of benzene rings is 2. The maximum atomic E-state index is 12.7. The number of methoxy groups -OCH3 is 1. The molecule has 0 saturated heterocycles. The number of hydrogen-bond acceptors (Lipinski definition) is 6. The van der Waals surface area contributed by atoms with E-state index in [1.807, 2.05) is 30.3 Å². The fraction of sp³-hybridized carbons (Fsp3) is 0.200. The number of carbonyl (C=O) groups is 3. The summed E-state index contributed by atoms with van der Waals surface area (Å²) in [4.78, 5) is 36.5. The third-order valence-corrected chi connectivity index (χ3v) is 3.50. The Morgan fingerprint density at radius 2 is 1.70 bits per heavy atom. The van der Waals surface area contributed by atoms with Crippen LogP contribution >= 0.6 is 0 Å². The van der Waals surface area contributed by atoms with Crippen molar-refractivity contribution < 1.29 is 23.9 Å². The molecule has 0 N–H and O–H groups in total. The van der Waals surface area contributed by atoms with Crippen molar-refractivity contribution in [2.24, 2.45) is 5.10 Å². The molecular weight excluding hydrogens is 348 g/mol. The number of hydrogen-bond donors (Lipinski definition) is 0. The molecule has 7 heteroatoms. The van der Waals surface area contributed by atoms with Crippen LogP contribution in [0.5, 0.6) is 0 Å². The molecule has 0 aliphatic carbocycles. The summed E-state index contributed by atoms with van der Waals surface area (Å²) in [5.74, 6) is -1.91. The molecule has 140 valence electrons. The molecule has 1 amide bonds. The number of hydrazone groups is 1. The summed E-state index contributed by atoms with van der Waals surface area (Å²) >= 11 is 0. The Hall–Kier alpha value is -3.48. The first-order chi connectivity index (χ1) is 13.1. The van der Waals surface area contributed by atoms with Crippen molar-refractivity contribution in [1.29, 1.82) is 0 Å². The highest BCUT2D eigenvalue weighted by Gasteiger charge is 2.24. The summed E-state index contributed by atoms with van der Waals surface area (Å²) in [5.41, 5.74) is 1.12. The quantitative estimate of drug-likeness (QED) is 0.325. The van der Waals surface area contributed by atoms with Gasteiger partial charge in [0.2, 0.25) is 0 Å². The summed E-state index contributed by atoms with van der Waals surface area (Å²) in [6.45, 7) is 1.82. The van der Waals surface area contributed by atoms with E-state index in [-0.39, 0.29) is 17.9 Å². The molecule has 0 spiro atoms. The number of amides is 1. The van der Waals surface area contributed by atoms with Crippen molar-refractivity contribution >= 4 is 29.7 Å². The van der Waals surface area contributed by atoms with Crippen LogP contribution in [0.4, 0.5) is 5.69 Å². The van der Waals surface area contributed by atoms with Gasteiger partial charge in [-0.1, -0.05) is 42.5 Å². The van der Waals surface area contributed by atoms with E-state index in [9.17, 15) is 14.4 Å². The van der Waals surface area contributed by atoms with Crippen LogP contribution < -0.4 is 5.01 Å². The third kappa shape index (κ3) is 5.50. The van der Waals surface area contributed by atoms with Crippen LogP contribution in [-0.2, 0) is 19.1 Å². The second kappa shape index (κ2) is 9.86. The molecule has 27 heavy (non-hydrogen) atoms. The van der Waals surface area contributed by atoms with Gasteiger partial charge in [-0.25, -0.2) is 4.79 Å². The highest BCUT2D eigenvalue weighted by molar-refractivity contribution is 6.07.